The second-order valence-electron chi connectivity index (χ2n) is 9.50. The van der Waals surface area contributed by atoms with Gasteiger partial charge in [0.1, 0.15) is 23.7 Å². The number of rotatable bonds is 6. The summed E-state index contributed by atoms with van der Waals surface area (Å²) < 4.78 is 18.7. The van der Waals surface area contributed by atoms with E-state index in [1.165, 1.54) is 6.07 Å². The monoisotopic (exact) mass is 457 g/mol. The van der Waals surface area contributed by atoms with Crippen LogP contribution in [0.3, 0.4) is 0 Å². The third-order valence-electron chi connectivity index (χ3n) is 6.74. The highest BCUT2D eigenvalue weighted by molar-refractivity contribution is 6.04. The summed E-state index contributed by atoms with van der Waals surface area (Å²) in [4.78, 5) is 22.1. The number of benzene rings is 1. The molecule has 34 heavy (non-hydrogen) atoms. The van der Waals surface area contributed by atoms with E-state index in [9.17, 15) is 9.18 Å². The van der Waals surface area contributed by atoms with Gasteiger partial charge in [0.15, 0.2) is 5.82 Å². The zero-order valence-corrected chi connectivity index (χ0v) is 19.0. The molecule has 0 radical (unpaired) electrons. The summed E-state index contributed by atoms with van der Waals surface area (Å²) >= 11 is 0. The van der Waals surface area contributed by atoms with E-state index >= 15 is 0 Å². The van der Waals surface area contributed by atoms with Gasteiger partial charge >= 0.3 is 0 Å². The van der Waals surface area contributed by atoms with Crippen LogP contribution in [0.1, 0.15) is 60.3 Å². The van der Waals surface area contributed by atoms with Gasteiger partial charge in [-0.3, -0.25) is 4.79 Å². The summed E-state index contributed by atoms with van der Waals surface area (Å²) in [6.45, 7) is 4.00. The number of anilines is 1. The molecular weight excluding hydrogens is 433 g/mol. The highest BCUT2D eigenvalue weighted by Gasteiger charge is 2.41. The number of aryl methyl sites for hydroxylation is 1. The molecule has 0 spiro atoms. The highest BCUT2D eigenvalue weighted by Crippen LogP contribution is 2.46. The maximum absolute atomic E-state index is 14.8. The number of halogens is 1. The number of carbonyl (C=O) groups excluding carboxylic acids is 1. The van der Waals surface area contributed by atoms with E-state index in [0.29, 0.717) is 29.1 Å². The number of nitrogens with one attached hydrogen (secondary N) is 1. The Morgan fingerprint density at radius 2 is 2.03 bits per heavy atom. The number of carbonyl (C=O) groups is 1. The molecule has 6 rings (SSSR count). The van der Waals surface area contributed by atoms with Gasteiger partial charge in [-0.05, 0) is 62.4 Å². The Morgan fingerprint density at radius 3 is 2.79 bits per heavy atom. The van der Waals surface area contributed by atoms with Crippen molar-refractivity contribution in [1.82, 2.24) is 29.3 Å². The fourth-order valence-electron chi connectivity index (χ4n) is 4.18. The first-order valence-corrected chi connectivity index (χ1v) is 11.4. The summed E-state index contributed by atoms with van der Waals surface area (Å²) in [5.41, 5.74) is 3.13. The van der Waals surface area contributed by atoms with Crippen molar-refractivity contribution in [2.45, 2.75) is 51.0 Å². The second-order valence-corrected chi connectivity index (χ2v) is 9.50. The van der Waals surface area contributed by atoms with Gasteiger partial charge in [-0.15, -0.1) is 10.2 Å². The molecule has 2 aliphatic carbocycles. The largest absolute Gasteiger partial charge is 0.309 e. The molecule has 4 aromatic rings. The first-order valence-electron chi connectivity index (χ1n) is 11.4. The average molecular weight is 458 g/mol. The number of aromatic nitrogens is 6. The lowest BCUT2D eigenvalue weighted by Crippen LogP contribution is -2.16. The number of pyridine rings is 1. The molecule has 0 aliphatic heterocycles. The molecule has 9 heteroatoms. The van der Waals surface area contributed by atoms with Gasteiger partial charge < -0.3 is 14.5 Å². The van der Waals surface area contributed by atoms with Crippen LogP contribution < -0.4 is 5.32 Å². The van der Waals surface area contributed by atoms with Crippen LogP contribution in [-0.2, 0) is 5.41 Å². The Balaban J connectivity index is 1.28. The number of imidazole rings is 1. The lowest BCUT2D eigenvalue weighted by Gasteiger charge is -2.12. The van der Waals surface area contributed by atoms with E-state index in [-0.39, 0.29) is 11.0 Å². The predicted octanol–water partition coefficient (Wildman–Crippen LogP) is 4.61. The van der Waals surface area contributed by atoms with Crippen molar-refractivity contribution in [1.29, 1.82) is 0 Å². The summed E-state index contributed by atoms with van der Waals surface area (Å²) in [6.07, 6.45) is 9.81. The minimum absolute atomic E-state index is 0.0539. The van der Waals surface area contributed by atoms with Crippen molar-refractivity contribution in [2.75, 3.05) is 5.32 Å². The van der Waals surface area contributed by atoms with E-state index in [1.807, 2.05) is 28.3 Å². The minimum atomic E-state index is -0.585. The lowest BCUT2D eigenvalue weighted by molar-refractivity contribution is 0.102. The van der Waals surface area contributed by atoms with Gasteiger partial charge in [-0.25, -0.2) is 14.4 Å². The Bertz CT molecular complexity index is 1410. The number of hydrogen-bond donors (Lipinski definition) is 1. The van der Waals surface area contributed by atoms with Crippen LogP contribution >= 0.6 is 0 Å². The zero-order chi connectivity index (χ0) is 23.4. The molecule has 1 amide bonds. The Labute approximate surface area is 195 Å². The van der Waals surface area contributed by atoms with Crippen molar-refractivity contribution in [3.05, 3.63) is 71.8 Å². The first kappa shape index (κ1) is 20.7. The standard InChI is InChI=1S/C25H24FN7O/c1-15-10-18(26)17(11-20(15)32-12-21(27-13-32)25(2)8-9-25)24(34)30-22-5-3-4-19(29-22)23-31-28-14-33(23)16-6-7-16/h3-5,10-14,16H,6-9H2,1-2H3,(H,29,30,34). The fourth-order valence-corrected chi connectivity index (χ4v) is 4.18. The van der Waals surface area contributed by atoms with Crippen molar-refractivity contribution in [3.63, 3.8) is 0 Å². The lowest BCUT2D eigenvalue weighted by atomic mass is 10.1. The van der Waals surface area contributed by atoms with Gasteiger partial charge in [-0.1, -0.05) is 13.0 Å². The minimum Gasteiger partial charge on any atom is -0.309 e. The summed E-state index contributed by atoms with van der Waals surface area (Å²) in [7, 11) is 0. The number of amides is 1. The number of nitrogens with zero attached hydrogens (tertiary/aromatic N) is 6. The average Bonchev–Trinajstić information content (AvgIpc) is 3.69. The molecule has 8 nitrogen and oxygen atoms in total. The molecule has 3 aromatic heterocycles. The SMILES string of the molecule is Cc1cc(F)c(C(=O)Nc2cccc(-c3nncn3C3CC3)n2)cc1-n1cnc(C2(C)CC2)c1. The van der Waals surface area contributed by atoms with Gasteiger partial charge in [0.25, 0.3) is 5.91 Å². The van der Waals surface area contributed by atoms with Crippen LogP contribution in [-0.4, -0.2) is 35.2 Å². The molecule has 0 saturated heterocycles. The molecule has 0 unspecified atom stereocenters. The van der Waals surface area contributed by atoms with Crippen LogP contribution in [0.25, 0.3) is 17.2 Å². The van der Waals surface area contributed by atoms with Gasteiger partial charge in [0.2, 0.25) is 0 Å². The number of hydrogen-bond acceptors (Lipinski definition) is 5. The summed E-state index contributed by atoms with van der Waals surface area (Å²) in [5.74, 6) is -0.178. The van der Waals surface area contributed by atoms with Crippen molar-refractivity contribution >= 4 is 11.7 Å². The molecule has 2 saturated carbocycles. The summed E-state index contributed by atoms with van der Waals surface area (Å²) in [6, 6.07) is 8.62. The van der Waals surface area contributed by atoms with E-state index in [1.54, 1.807) is 30.9 Å². The van der Waals surface area contributed by atoms with Crippen molar-refractivity contribution in [3.8, 4) is 17.2 Å². The molecule has 3 heterocycles. The molecule has 172 valence electrons. The zero-order valence-electron chi connectivity index (χ0n) is 19.0. The first-order chi connectivity index (χ1) is 16.4. The van der Waals surface area contributed by atoms with Crippen LogP contribution in [0.4, 0.5) is 10.2 Å². The normalized spacial score (nSPS) is 16.4. The molecule has 2 fully saturated rings. The highest BCUT2D eigenvalue weighted by atomic mass is 19.1. The Kier molecular flexibility index (Phi) is 4.62. The summed E-state index contributed by atoms with van der Waals surface area (Å²) in [5, 5.41) is 10.9. The van der Waals surface area contributed by atoms with Gasteiger partial charge in [0, 0.05) is 17.7 Å². The quantitative estimate of drug-likeness (QED) is 0.457. The van der Waals surface area contributed by atoms with Gasteiger partial charge in [0.05, 0.1) is 23.3 Å². The second kappa shape index (κ2) is 7.58. The molecular formula is C25H24FN7O. The van der Waals surface area contributed by atoms with Crippen LogP contribution in [0, 0.1) is 12.7 Å². The van der Waals surface area contributed by atoms with Crippen LogP contribution in [0.5, 0.6) is 0 Å². The predicted molar refractivity (Wildman–Crippen MR) is 124 cm³/mol. The Morgan fingerprint density at radius 1 is 1.21 bits per heavy atom. The topological polar surface area (TPSA) is 90.5 Å². The Hall–Kier alpha value is -3.88. The molecule has 0 atom stereocenters. The van der Waals surface area contributed by atoms with Crippen LogP contribution in [0.15, 0.2) is 49.2 Å². The van der Waals surface area contributed by atoms with E-state index in [0.717, 1.165) is 36.9 Å². The third kappa shape index (κ3) is 3.67. The third-order valence-corrected chi connectivity index (χ3v) is 6.74. The van der Waals surface area contributed by atoms with E-state index in [2.05, 4.69) is 32.4 Å². The smallest absolute Gasteiger partial charge is 0.259 e. The molecule has 1 N–H and O–H groups in total. The maximum atomic E-state index is 14.8. The maximum Gasteiger partial charge on any atom is 0.259 e. The van der Waals surface area contributed by atoms with E-state index < -0.39 is 11.7 Å². The molecule has 2 aliphatic rings. The van der Waals surface area contributed by atoms with Crippen LogP contribution in [0.2, 0.25) is 0 Å². The van der Waals surface area contributed by atoms with Crippen molar-refractivity contribution in [2.24, 2.45) is 0 Å². The molecule has 1 aromatic carbocycles. The van der Waals surface area contributed by atoms with Crippen molar-refractivity contribution < 1.29 is 9.18 Å². The molecule has 0 bridgehead atoms. The van der Waals surface area contributed by atoms with Gasteiger partial charge in [-0.2, -0.15) is 0 Å². The fraction of sp³-hybridized carbons (Fsp3) is 0.320. The van der Waals surface area contributed by atoms with E-state index in [4.69, 9.17) is 0 Å².